The van der Waals surface area contributed by atoms with Crippen molar-refractivity contribution in [1.82, 2.24) is 0 Å². The van der Waals surface area contributed by atoms with E-state index in [0.29, 0.717) is 5.92 Å². The van der Waals surface area contributed by atoms with Crippen molar-refractivity contribution in [2.45, 2.75) is 39.9 Å². The zero-order valence-electron chi connectivity index (χ0n) is 9.35. The average molecular weight is 196 g/mol. The van der Waals surface area contributed by atoms with Gasteiger partial charge in [-0.1, -0.05) is 33.5 Å². The van der Waals surface area contributed by atoms with Gasteiger partial charge in [0.15, 0.2) is 0 Å². The van der Waals surface area contributed by atoms with Gasteiger partial charge < -0.3 is 4.79 Å². The molecule has 0 rings (SSSR count). The summed E-state index contributed by atoms with van der Waals surface area (Å²) in [7, 11) is -1.23. The second-order valence-corrected chi connectivity index (χ2v) is 9.52. The zero-order valence-corrected chi connectivity index (χ0v) is 10.3. The Morgan fingerprint density at radius 1 is 1.31 bits per heavy atom. The van der Waals surface area contributed by atoms with Gasteiger partial charge in [-0.15, -0.1) is 11.5 Å². The smallest absolute Gasteiger partial charge is 0.129 e. The van der Waals surface area contributed by atoms with Crippen LogP contribution in [0.25, 0.3) is 0 Å². The summed E-state index contributed by atoms with van der Waals surface area (Å²) in [5, 5.41) is 0. The Kier molecular flexibility index (Phi) is 5.01. The molecule has 0 spiro atoms. The molecule has 0 radical (unpaired) electrons. The molecular weight excluding hydrogens is 176 g/mol. The van der Waals surface area contributed by atoms with E-state index in [9.17, 15) is 4.79 Å². The van der Waals surface area contributed by atoms with Crippen LogP contribution in [0.3, 0.4) is 0 Å². The zero-order chi connectivity index (χ0) is 10.5. The van der Waals surface area contributed by atoms with Gasteiger partial charge in [-0.05, 0) is 6.42 Å². The monoisotopic (exact) mass is 196 g/mol. The Morgan fingerprint density at radius 3 is 2.23 bits per heavy atom. The predicted octanol–water partition coefficient (Wildman–Crippen LogP) is 2.73. The summed E-state index contributed by atoms with van der Waals surface area (Å²) >= 11 is 0. The first-order chi connectivity index (χ1) is 5.85. The van der Waals surface area contributed by atoms with E-state index >= 15 is 0 Å². The molecule has 0 fully saturated rings. The minimum absolute atomic E-state index is 0.144. The van der Waals surface area contributed by atoms with E-state index in [4.69, 9.17) is 0 Å². The molecule has 2 atom stereocenters. The van der Waals surface area contributed by atoms with Gasteiger partial charge >= 0.3 is 0 Å². The summed E-state index contributed by atoms with van der Waals surface area (Å²) in [6, 6.07) is 0. The highest BCUT2D eigenvalue weighted by molar-refractivity contribution is 6.83. The van der Waals surface area contributed by atoms with Crippen molar-refractivity contribution in [1.29, 1.82) is 0 Å². The standard InChI is InChI=1S/C11H20OSi/c1-10(8-11(2)9-12)6-7-13(3,4)5/h9-11H,8H2,1-5H3/t10-,11+/m0/s1. The van der Waals surface area contributed by atoms with Gasteiger partial charge in [0.2, 0.25) is 0 Å². The lowest BCUT2D eigenvalue weighted by atomic mass is 10.00. The molecule has 74 valence electrons. The van der Waals surface area contributed by atoms with Crippen LogP contribution in [0.1, 0.15) is 20.3 Å². The second-order valence-electron chi connectivity index (χ2n) is 4.77. The van der Waals surface area contributed by atoms with Crippen LogP contribution in [-0.2, 0) is 4.79 Å². The van der Waals surface area contributed by atoms with Crippen LogP contribution in [0.2, 0.25) is 19.6 Å². The molecular formula is C11H20OSi. The fourth-order valence-electron chi connectivity index (χ4n) is 1.01. The van der Waals surface area contributed by atoms with Gasteiger partial charge in [-0.2, -0.15) is 0 Å². The minimum atomic E-state index is -1.23. The Labute approximate surface area is 82.9 Å². The molecule has 2 heteroatoms. The quantitative estimate of drug-likeness (QED) is 0.385. The summed E-state index contributed by atoms with van der Waals surface area (Å²) in [4.78, 5) is 10.4. The molecule has 1 nitrogen and oxygen atoms in total. The van der Waals surface area contributed by atoms with E-state index in [2.05, 4.69) is 38.0 Å². The normalized spacial score (nSPS) is 15.5. The molecule has 0 bridgehead atoms. The highest BCUT2D eigenvalue weighted by atomic mass is 28.3. The van der Waals surface area contributed by atoms with Crippen LogP contribution < -0.4 is 0 Å². The van der Waals surface area contributed by atoms with Crippen LogP contribution in [-0.4, -0.2) is 14.4 Å². The molecule has 0 N–H and O–H groups in total. The van der Waals surface area contributed by atoms with Crippen LogP contribution >= 0.6 is 0 Å². The molecule has 0 aromatic rings. The summed E-state index contributed by atoms with van der Waals surface area (Å²) in [5.74, 6) is 3.74. The molecule has 0 heterocycles. The molecule has 0 aliphatic carbocycles. The maximum atomic E-state index is 10.4. The Morgan fingerprint density at radius 2 is 1.85 bits per heavy atom. The summed E-state index contributed by atoms with van der Waals surface area (Å²) in [5.41, 5.74) is 3.32. The summed E-state index contributed by atoms with van der Waals surface area (Å²) in [6.07, 6.45) is 1.90. The number of carbonyl (C=O) groups is 1. The third-order valence-electron chi connectivity index (χ3n) is 1.65. The van der Waals surface area contributed by atoms with E-state index < -0.39 is 8.07 Å². The van der Waals surface area contributed by atoms with E-state index in [-0.39, 0.29) is 5.92 Å². The van der Waals surface area contributed by atoms with Gasteiger partial charge in [0.05, 0.1) is 0 Å². The number of hydrogen-bond acceptors (Lipinski definition) is 1. The first kappa shape index (κ1) is 12.4. The van der Waals surface area contributed by atoms with Crippen LogP contribution in [0, 0.1) is 23.3 Å². The third kappa shape index (κ3) is 7.80. The number of carbonyl (C=O) groups excluding carboxylic acids is 1. The number of aldehydes is 1. The van der Waals surface area contributed by atoms with Crippen molar-refractivity contribution in [2.75, 3.05) is 0 Å². The molecule has 0 aromatic carbocycles. The highest BCUT2D eigenvalue weighted by Gasteiger charge is 2.09. The molecule has 13 heavy (non-hydrogen) atoms. The lowest BCUT2D eigenvalue weighted by molar-refractivity contribution is -0.110. The molecule has 0 aliphatic heterocycles. The maximum Gasteiger partial charge on any atom is 0.129 e. The van der Waals surface area contributed by atoms with Crippen molar-refractivity contribution < 1.29 is 4.79 Å². The average Bonchev–Trinajstić information content (AvgIpc) is 1.99. The topological polar surface area (TPSA) is 17.1 Å². The van der Waals surface area contributed by atoms with Crippen molar-refractivity contribution in [3.8, 4) is 11.5 Å². The highest BCUT2D eigenvalue weighted by Crippen LogP contribution is 2.09. The minimum Gasteiger partial charge on any atom is -0.303 e. The van der Waals surface area contributed by atoms with Crippen molar-refractivity contribution in [3.63, 3.8) is 0 Å². The van der Waals surface area contributed by atoms with Crippen LogP contribution in [0.15, 0.2) is 0 Å². The van der Waals surface area contributed by atoms with Gasteiger partial charge in [0.25, 0.3) is 0 Å². The summed E-state index contributed by atoms with van der Waals surface area (Å²) in [6.45, 7) is 10.7. The largest absolute Gasteiger partial charge is 0.303 e. The Hall–Kier alpha value is -0.553. The van der Waals surface area contributed by atoms with Crippen molar-refractivity contribution in [3.05, 3.63) is 0 Å². The molecule has 0 saturated carbocycles. The molecule has 0 aromatic heterocycles. The van der Waals surface area contributed by atoms with Gasteiger partial charge in [0, 0.05) is 11.8 Å². The van der Waals surface area contributed by atoms with E-state index in [0.717, 1.165) is 12.7 Å². The van der Waals surface area contributed by atoms with Gasteiger partial charge in [-0.25, -0.2) is 0 Å². The fourth-order valence-corrected chi connectivity index (χ4v) is 1.69. The Bertz CT molecular complexity index is 216. The van der Waals surface area contributed by atoms with Crippen molar-refractivity contribution in [2.24, 2.45) is 11.8 Å². The van der Waals surface area contributed by atoms with E-state index in [1.165, 1.54) is 0 Å². The molecule has 0 unspecified atom stereocenters. The fraction of sp³-hybridized carbons (Fsp3) is 0.727. The third-order valence-corrected chi connectivity index (χ3v) is 2.55. The van der Waals surface area contributed by atoms with Crippen molar-refractivity contribution >= 4 is 14.4 Å². The second kappa shape index (κ2) is 5.24. The lowest BCUT2D eigenvalue weighted by Gasteiger charge is -2.08. The van der Waals surface area contributed by atoms with E-state index in [1.54, 1.807) is 0 Å². The SMILES string of the molecule is C[C@@H](C#C[Si](C)(C)C)C[C@@H](C)C=O. The molecule has 0 saturated heterocycles. The van der Waals surface area contributed by atoms with Crippen LogP contribution in [0.4, 0.5) is 0 Å². The maximum absolute atomic E-state index is 10.4. The Balaban J connectivity index is 4.05. The van der Waals surface area contributed by atoms with Gasteiger partial charge in [0.1, 0.15) is 14.4 Å². The molecule has 0 amide bonds. The first-order valence-electron chi connectivity index (χ1n) is 4.83. The van der Waals surface area contributed by atoms with Gasteiger partial charge in [-0.3, -0.25) is 0 Å². The van der Waals surface area contributed by atoms with E-state index in [1.807, 2.05) is 6.92 Å². The molecule has 0 aliphatic rings. The van der Waals surface area contributed by atoms with Crippen LogP contribution in [0.5, 0.6) is 0 Å². The first-order valence-corrected chi connectivity index (χ1v) is 8.33. The summed E-state index contributed by atoms with van der Waals surface area (Å²) < 4.78 is 0. The number of rotatable bonds is 3. The number of hydrogen-bond donors (Lipinski definition) is 0. The predicted molar refractivity (Wildman–Crippen MR) is 60.1 cm³/mol. The lowest BCUT2D eigenvalue weighted by Crippen LogP contribution is -2.17.